The molecule has 0 fully saturated rings. The number of hydrogen-bond donors (Lipinski definition) is 0. The van der Waals surface area contributed by atoms with Gasteiger partial charge in [0.05, 0.1) is 12.1 Å². The van der Waals surface area contributed by atoms with E-state index in [2.05, 4.69) is 20.9 Å². The van der Waals surface area contributed by atoms with Crippen LogP contribution in [0.5, 0.6) is 0 Å². The highest BCUT2D eigenvalue weighted by Crippen LogP contribution is 2.16. The number of furan rings is 1. The second-order valence-electron chi connectivity index (χ2n) is 3.74. The van der Waals surface area contributed by atoms with Crippen molar-refractivity contribution in [2.75, 3.05) is 7.05 Å². The SMILES string of the molecule is CN(Cc1ccc(Br)o1)C(=O)c1ccc(Cl)nc1. The van der Waals surface area contributed by atoms with Gasteiger partial charge < -0.3 is 9.32 Å². The lowest BCUT2D eigenvalue weighted by Crippen LogP contribution is -2.26. The maximum Gasteiger partial charge on any atom is 0.255 e. The van der Waals surface area contributed by atoms with Gasteiger partial charge in [-0.15, -0.1) is 0 Å². The molecule has 2 rings (SSSR count). The summed E-state index contributed by atoms with van der Waals surface area (Å²) in [5.41, 5.74) is 0.493. The fourth-order valence-electron chi connectivity index (χ4n) is 1.46. The molecule has 1 amide bonds. The minimum Gasteiger partial charge on any atom is -0.452 e. The van der Waals surface area contributed by atoms with Gasteiger partial charge in [-0.3, -0.25) is 4.79 Å². The van der Waals surface area contributed by atoms with E-state index in [1.165, 1.54) is 6.20 Å². The molecule has 0 aliphatic carbocycles. The summed E-state index contributed by atoms with van der Waals surface area (Å²) in [6.45, 7) is 0.396. The highest BCUT2D eigenvalue weighted by molar-refractivity contribution is 9.10. The minimum atomic E-state index is -0.133. The Kier molecular flexibility index (Phi) is 4.04. The summed E-state index contributed by atoms with van der Waals surface area (Å²) in [5.74, 6) is 0.575. The Labute approximate surface area is 118 Å². The van der Waals surface area contributed by atoms with Gasteiger partial charge in [-0.2, -0.15) is 0 Å². The highest BCUT2D eigenvalue weighted by Gasteiger charge is 2.13. The van der Waals surface area contributed by atoms with Crippen molar-refractivity contribution >= 4 is 33.4 Å². The van der Waals surface area contributed by atoms with Gasteiger partial charge in [0, 0.05) is 13.2 Å². The first-order valence-electron chi connectivity index (χ1n) is 5.17. The van der Waals surface area contributed by atoms with Crippen LogP contribution in [-0.4, -0.2) is 22.8 Å². The molecular formula is C12H10BrClN2O2. The summed E-state index contributed by atoms with van der Waals surface area (Å²) >= 11 is 8.89. The van der Waals surface area contributed by atoms with E-state index in [1.54, 1.807) is 30.1 Å². The summed E-state index contributed by atoms with van der Waals surface area (Å²) in [6, 6.07) is 6.84. The van der Waals surface area contributed by atoms with Crippen LogP contribution in [0.1, 0.15) is 16.1 Å². The van der Waals surface area contributed by atoms with Crippen molar-refractivity contribution in [1.82, 2.24) is 9.88 Å². The van der Waals surface area contributed by atoms with Crippen LogP contribution in [0, 0.1) is 0 Å². The molecule has 6 heteroatoms. The second kappa shape index (κ2) is 5.54. The van der Waals surface area contributed by atoms with E-state index in [4.69, 9.17) is 16.0 Å². The van der Waals surface area contributed by atoms with Crippen LogP contribution < -0.4 is 0 Å². The molecule has 0 N–H and O–H groups in total. The van der Waals surface area contributed by atoms with E-state index in [0.717, 1.165) is 0 Å². The van der Waals surface area contributed by atoms with E-state index in [9.17, 15) is 4.79 Å². The van der Waals surface area contributed by atoms with Crippen molar-refractivity contribution in [1.29, 1.82) is 0 Å². The summed E-state index contributed by atoms with van der Waals surface area (Å²) in [7, 11) is 1.70. The van der Waals surface area contributed by atoms with Crippen molar-refractivity contribution in [3.05, 3.63) is 51.6 Å². The van der Waals surface area contributed by atoms with Crippen LogP contribution in [0.4, 0.5) is 0 Å². The first-order chi connectivity index (χ1) is 8.56. The molecule has 2 aromatic rings. The Morgan fingerprint density at radius 1 is 1.44 bits per heavy atom. The van der Waals surface area contributed by atoms with Crippen molar-refractivity contribution in [3.8, 4) is 0 Å². The molecule has 18 heavy (non-hydrogen) atoms. The van der Waals surface area contributed by atoms with Crippen molar-refractivity contribution in [2.45, 2.75) is 6.54 Å². The Balaban J connectivity index is 2.07. The summed E-state index contributed by atoms with van der Waals surface area (Å²) < 4.78 is 5.99. The zero-order chi connectivity index (χ0) is 13.1. The molecule has 2 aromatic heterocycles. The number of pyridine rings is 1. The maximum atomic E-state index is 12.1. The average molecular weight is 330 g/mol. The Morgan fingerprint density at radius 3 is 2.78 bits per heavy atom. The molecule has 94 valence electrons. The van der Waals surface area contributed by atoms with E-state index in [1.807, 2.05) is 6.07 Å². The number of amides is 1. The van der Waals surface area contributed by atoms with Gasteiger partial charge in [0.25, 0.3) is 5.91 Å². The van der Waals surface area contributed by atoms with Gasteiger partial charge in [-0.05, 0) is 40.2 Å². The topological polar surface area (TPSA) is 46.3 Å². The number of rotatable bonds is 3. The Morgan fingerprint density at radius 2 is 2.22 bits per heavy atom. The molecule has 4 nitrogen and oxygen atoms in total. The Hall–Kier alpha value is -1.33. The first kappa shape index (κ1) is 13.1. The quantitative estimate of drug-likeness (QED) is 0.811. The number of carbonyl (C=O) groups excluding carboxylic acids is 1. The number of halogens is 2. The van der Waals surface area contributed by atoms with Gasteiger partial charge in [0.15, 0.2) is 4.67 Å². The minimum absolute atomic E-state index is 0.133. The molecule has 0 radical (unpaired) electrons. The largest absolute Gasteiger partial charge is 0.452 e. The molecule has 0 aliphatic rings. The molecule has 0 atom stereocenters. The number of hydrogen-bond acceptors (Lipinski definition) is 3. The molecule has 0 saturated carbocycles. The third-order valence-corrected chi connectivity index (χ3v) is 2.99. The van der Waals surface area contributed by atoms with Crippen LogP contribution in [0.2, 0.25) is 5.15 Å². The van der Waals surface area contributed by atoms with Crippen LogP contribution in [0.3, 0.4) is 0 Å². The van der Waals surface area contributed by atoms with Crippen LogP contribution >= 0.6 is 27.5 Å². The lowest BCUT2D eigenvalue weighted by atomic mass is 10.2. The van der Waals surface area contributed by atoms with Crippen LogP contribution in [0.15, 0.2) is 39.5 Å². The number of nitrogens with zero attached hydrogens (tertiary/aromatic N) is 2. The van der Waals surface area contributed by atoms with Crippen molar-refractivity contribution < 1.29 is 9.21 Å². The molecular weight excluding hydrogens is 320 g/mol. The summed E-state index contributed by atoms with van der Waals surface area (Å²) in [5, 5.41) is 0.365. The standard InChI is InChI=1S/C12H10BrClN2O2/c1-16(7-9-3-4-10(13)18-9)12(17)8-2-5-11(14)15-6-8/h2-6H,7H2,1H3. The second-order valence-corrected chi connectivity index (χ2v) is 4.91. The average Bonchev–Trinajstić information content (AvgIpc) is 2.75. The van der Waals surface area contributed by atoms with Crippen molar-refractivity contribution in [3.63, 3.8) is 0 Å². The van der Waals surface area contributed by atoms with E-state index in [-0.39, 0.29) is 5.91 Å². The first-order valence-corrected chi connectivity index (χ1v) is 6.34. The van der Waals surface area contributed by atoms with Crippen LogP contribution in [-0.2, 0) is 6.54 Å². The van der Waals surface area contributed by atoms with Gasteiger partial charge in [-0.25, -0.2) is 4.98 Å². The molecule has 2 heterocycles. The van der Waals surface area contributed by atoms with Gasteiger partial charge >= 0.3 is 0 Å². The molecule has 0 unspecified atom stereocenters. The monoisotopic (exact) mass is 328 g/mol. The summed E-state index contributed by atoms with van der Waals surface area (Å²) in [4.78, 5) is 17.5. The molecule has 0 saturated heterocycles. The van der Waals surface area contributed by atoms with Gasteiger partial charge in [0.2, 0.25) is 0 Å². The molecule has 0 aliphatic heterocycles. The normalized spacial score (nSPS) is 10.4. The molecule has 0 spiro atoms. The highest BCUT2D eigenvalue weighted by atomic mass is 79.9. The zero-order valence-corrected chi connectivity index (χ0v) is 11.9. The zero-order valence-electron chi connectivity index (χ0n) is 9.56. The van der Waals surface area contributed by atoms with Gasteiger partial charge in [-0.1, -0.05) is 11.6 Å². The van der Waals surface area contributed by atoms with E-state index < -0.39 is 0 Å². The number of aromatic nitrogens is 1. The predicted molar refractivity (Wildman–Crippen MR) is 71.5 cm³/mol. The molecule has 0 bridgehead atoms. The van der Waals surface area contributed by atoms with Crippen molar-refractivity contribution in [2.24, 2.45) is 0 Å². The third-order valence-electron chi connectivity index (χ3n) is 2.34. The Bertz CT molecular complexity index is 553. The van der Waals surface area contributed by atoms with E-state index in [0.29, 0.717) is 27.7 Å². The fourth-order valence-corrected chi connectivity index (χ4v) is 1.92. The third kappa shape index (κ3) is 3.11. The predicted octanol–water partition coefficient (Wildman–Crippen LogP) is 3.36. The van der Waals surface area contributed by atoms with Crippen LogP contribution in [0.25, 0.3) is 0 Å². The maximum absolute atomic E-state index is 12.1. The summed E-state index contributed by atoms with van der Waals surface area (Å²) in [6.07, 6.45) is 1.46. The fraction of sp³-hybridized carbons (Fsp3) is 0.167. The number of carbonyl (C=O) groups is 1. The lowest BCUT2D eigenvalue weighted by molar-refractivity contribution is 0.0774. The smallest absolute Gasteiger partial charge is 0.255 e. The van der Waals surface area contributed by atoms with E-state index >= 15 is 0 Å². The van der Waals surface area contributed by atoms with Gasteiger partial charge in [0.1, 0.15) is 10.9 Å². The lowest BCUT2D eigenvalue weighted by Gasteiger charge is -2.15. The molecule has 0 aromatic carbocycles.